The first-order valence-electron chi connectivity index (χ1n) is 9.30. The standard InChI is InChI=1S/C21H20N4O4/c1-12(2)10-21(20-22-24-25-23-20)17-5-3-13(19(27)28)7-14(17)8-15-9-16(29-11-26)4-6-18(15)21/h3-7,9,11-12H,8,10H2,1-2H3,(H,27,28)(H,22,23,24,25). The predicted octanol–water partition coefficient (Wildman–Crippen LogP) is 2.72. The van der Waals surface area contributed by atoms with Gasteiger partial charge in [-0.3, -0.25) is 4.79 Å². The molecule has 3 aromatic rings. The van der Waals surface area contributed by atoms with Gasteiger partial charge in [0.1, 0.15) is 5.75 Å². The number of ether oxygens (including phenoxy) is 1. The molecule has 1 unspecified atom stereocenters. The summed E-state index contributed by atoms with van der Waals surface area (Å²) < 4.78 is 5.04. The van der Waals surface area contributed by atoms with Crippen molar-refractivity contribution in [3.63, 3.8) is 0 Å². The molecule has 4 rings (SSSR count). The first kappa shape index (κ1) is 18.8. The largest absolute Gasteiger partial charge is 0.478 e. The van der Waals surface area contributed by atoms with Crippen molar-refractivity contribution >= 4 is 12.4 Å². The molecule has 0 saturated heterocycles. The normalized spacial score (nSPS) is 17.5. The number of aromatic nitrogens is 4. The molecule has 1 heterocycles. The van der Waals surface area contributed by atoms with Gasteiger partial charge in [0, 0.05) is 0 Å². The molecule has 1 aromatic heterocycles. The smallest absolute Gasteiger partial charge is 0.335 e. The van der Waals surface area contributed by atoms with Crippen molar-refractivity contribution in [2.24, 2.45) is 5.92 Å². The van der Waals surface area contributed by atoms with Gasteiger partial charge in [0.05, 0.1) is 11.0 Å². The Bertz CT molecular complexity index is 1080. The lowest BCUT2D eigenvalue weighted by atomic mass is 9.62. The lowest BCUT2D eigenvalue weighted by molar-refractivity contribution is -0.120. The lowest BCUT2D eigenvalue weighted by Crippen LogP contribution is -2.37. The summed E-state index contributed by atoms with van der Waals surface area (Å²) >= 11 is 0. The summed E-state index contributed by atoms with van der Waals surface area (Å²) in [5.74, 6) is 0.270. The van der Waals surface area contributed by atoms with E-state index < -0.39 is 11.4 Å². The van der Waals surface area contributed by atoms with Crippen LogP contribution < -0.4 is 4.74 Å². The van der Waals surface area contributed by atoms with Gasteiger partial charge in [0.25, 0.3) is 6.47 Å². The number of carbonyl (C=O) groups excluding carboxylic acids is 1. The minimum atomic E-state index is -0.981. The molecule has 0 amide bonds. The molecule has 0 radical (unpaired) electrons. The van der Waals surface area contributed by atoms with Gasteiger partial charge in [0.2, 0.25) is 0 Å². The molecule has 1 aliphatic rings. The van der Waals surface area contributed by atoms with E-state index in [4.69, 9.17) is 4.74 Å². The van der Waals surface area contributed by atoms with Crippen molar-refractivity contribution in [1.29, 1.82) is 0 Å². The zero-order chi connectivity index (χ0) is 20.6. The van der Waals surface area contributed by atoms with Crippen molar-refractivity contribution < 1.29 is 19.4 Å². The van der Waals surface area contributed by atoms with Crippen LogP contribution in [-0.4, -0.2) is 38.2 Å². The van der Waals surface area contributed by atoms with Crippen LogP contribution in [0.3, 0.4) is 0 Å². The Balaban J connectivity index is 2.03. The van der Waals surface area contributed by atoms with Gasteiger partial charge >= 0.3 is 5.97 Å². The third-order valence-corrected chi connectivity index (χ3v) is 5.36. The molecule has 8 heteroatoms. The number of nitrogens with one attached hydrogen (secondary N) is 1. The number of aromatic carboxylic acids is 1. The Morgan fingerprint density at radius 2 is 1.97 bits per heavy atom. The number of hydrogen-bond acceptors (Lipinski definition) is 6. The van der Waals surface area contributed by atoms with Crippen molar-refractivity contribution in [2.75, 3.05) is 0 Å². The van der Waals surface area contributed by atoms with Crippen molar-refractivity contribution in [3.05, 3.63) is 70.0 Å². The summed E-state index contributed by atoms with van der Waals surface area (Å²) in [7, 11) is 0. The molecule has 0 spiro atoms. The van der Waals surface area contributed by atoms with Crippen LogP contribution in [0.4, 0.5) is 0 Å². The van der Waals surface area contributed by atoms with E-state index in [1.807, 2.05) is 18.2 Å². The van der Waals surface area contributed by atoms with Crippen LogP contribution >= 0.6 is 0 Å². The van der Waals surface area contributed by atoms with Crippen molar-refractivity contribution in [3.8, 4) is 5.75 Å². The monoisotopic (exact) mass is 392 g/mol. The van der Waals surface area contributed by atoms with Gasteiger partial charge in [-0.2, -0.15) is 5.21 Å². The molecule has 8 nitrogen and oxygen atoms in total. The summed E-state index contributed by atoms with van der Waals surface area (Å²) in [6.07, 6.45) is 1.21. The van der Waals surface area contributed by atoms with Crippen LogP contribution in [0.5, 0.6) is 5.75 Å². The van der Waals surface area contributed by atoms with Crippen LogP contribution in [0.15, 0.2) is 36.4 Å². The molecule has 0 bridgehead atoms. The van der Waals surface area contributed by atoms with E-state index in [1.54, 1.807) is 18.2 Å². The fourth-order valence-corrected chi connectivity index (χ4v) is 4.41. The third-order valence-electron chi connectivity index (χ3n) is 5.36. The minimum absolute atomic E-state index is 0.221. The molecule has 1 aliphatic carbocycles. The molecule has 0 aliphatic heterocycles. The van der Waals surface area contributed by atoms with Crippen LogP contribution in [-0.2, 0) is 16.6 Å². The van der Waals surface area contributed by atoms with Crippen molar-refractivity contribution in [2.45, 2.75) is 32.1 Å². The number of nitrogens with zero attached hydrogens (tertiary/aromatic N) is 3. The summed E-state index contributed by atoms with van der Waals surface area (Å²) in [6.45, 7) is 4.62. The van der Waals surface area contributed by atoms with Gasteiger partial charge in [-0.05, 0) is 65.3 Å². The quantitative estimate of drug-likeness (QED) is 0.619. The Morgan fingerprint density at radius 1 is 1.24 bits per heavy atom. The fourth-order valence-electron chi connectivity index (χ4n) is 4.41. The van der Waals surface area contributed by atoms with E-state index in [-0.39, 0.29) is 11.5 Å². The van der Waals surface area contributed by atoms with Gasteiger partial charge < -0.3 is 9.84 Å². The molecule has 2 aromatic carbocycles. The molecule has 0 saturated carbocycles. The first-order valence-corrected chi connectivity index (χ1v) is 9.30. The Morgan fingerprint density at radius 3 is 2.59 bits per heavy atom. The second-order valence-corrected chi connectivity index (χ2v) is 7.63. The van der Waals surface area contributed by atoms with E-state index in [2.05, 4.69) is 34.5 Å². The average Bonchev–Trinajstić information content (AvgIpc) is 3.22. The highest BCUT2D eigenvalue weighted by Gasteiger charge is 2.46. The maximum absolute atomic E-state index is 11.5. The van der Waals surface area contributed by atoms with Crippen molar-refractivity contribution in [1.82, 2.24) is 20.6 Å². The molecule has 0 fully saturated rings. The number of carbonyl (C=O) groups is 2. The molecule has 1 atom stereocenters. The molecule has 148 valence electrons. The minimum Gasteiger partial charge on any atom is -0.478 e. The number of fused-ring (bicyclic) bond motifs is 2. The summed E-state index contributed by atoms with van der Waals surface area (Å²) in [5.41, 5.74) is 3.31. The van der Waals surface area contributed by atoms with E-state index >= 15 is 0 Å². The average molecular weight is 392 g/mol. The number of aromatic amines is 1. The van der Waals surface area contributed by atoms with Gasteiger partial charge in [0.15, 0.2) is 5.82 Å². The number of carboxylic acids is 1. The maximum atomic E-state index is 11.5. The second-order valence-electron chi connectivity index (χ2n) is 7.63. The maximum Gasteiger partial charge on any atom is 0.335 e. The van der Waals surface area contributed by atoms with Crippen LogP contribution in [0.1, 0.15) is 58.7 Å². The van der Waals surface area contributed by atoms with Gasteiger partial charge in [-0.15, -0.1) is 10.2 Å². The highest BCUT2D eigenvalue weighted by Crippen LogP contribution is 2.49. The number of benzene rings is 2. The Kier molecular flexibility index (Phi) is 4.62. The summed E-state index contributed by atoms with van der Waals surface area (Å²) in [5, 5.41) is 24.5. The van der Waals surface area contributed by atoms with Crippen LogP contribution in [0.25, 0.3) is 0 Å². The van der Waals surface area contributed by atoms with E-state index in [1.165, 1.54) is 0 Å². The Hall–Kier alpha value is -3.55. The molecular weight excluding hydrogens is 372 g/mol. The highest BCUT2D eigenvalue weighted by molar-refractivity contribution is 5.88. The lowest BCUT2D eigenvalue weighted by Gasteiger charge is -2.40. The highest BCUT2D eigenvalue weighted by atomic mass is 16.5. The number of rotatable bonds is 6. The first-order chi connectivity index (χ1) is 14.0. The van der Waals surface area contributed by atoms with E-state index in [0.29, 0.717) is 30.9 Å². The fraction of sp³-hybridized carbons (Fsp3) is 0.286. The third kappa shape index (κ3) is 3.06. The van der Waals surface area contributed by atoms with Crippen LogP contribution in [0, 0.1) is 5.92 Å². The van der Waals surface area contributed by atoms with E-state index in [9.17, 15) is 14.7 Å². The second kappa shape index (κ2) is 7.12. The molecule has 2 N–H and O–H groups in total. The number of hydrogen-bond donors (Lipinski definition) is 2. The summed E-state index contributed by atoms with van der Waals surface area (Å²) in [6, 6.07) is 10.7. The number of carboxylic acid groups (broad SMARTS) is 1. The number of H-pyrrole nitrogens is 1. The van der Waals surface area contributed by atoms with Gasteiger partial charge in [-0.25, -0.2) is 4.79 Å². The SMILES string of the molecule is CC(C)CC1(c2nn[nH]n2)c2ccc(OC=O)cc2Cc2cc(C(=O)O)ccc21. The van der Waals surface area contributed by atoms with Gasteiger partial charge in [-0.1, -0.05) is 31.2 Å². The molecular formula is C21H20N4O4. The van der Waals surface area contributed by atoms with E-state index in [0.717, 1.165) is 22.3 Å². The molecule has 29 heavy (non-hydrogen) atoms. The summed E-state index contributed by atoms with van der Waals surface area (Å²) in [4.78, 5) is 22.3. The Labute approximate surface area is 166 Å². The number of tetrazole rings is 1. The zero-order valence-corrected chi connectivity index (χ0v) is 16.0. The topological polar surface area (TPSA) is 118 Å². The zero-order valence-electron chi connectivity index (χ0n) is 16.0. The van der Waals surface area contributed by atoms with Crippen LogP contribution in [0.2, 0.25) is 0 Å². The predicted molar refractivity (Wildman–Crippen MR) is 103 cm³/mol.